The van der Waals surface area contributed by atoms with Crippen molar-refractivity contribution in [2.75, 3.05) is 20.8 Å². The van der Waals surface area contributed by atoms with E-state index in [1.807, 2.05) is 42.5 Å². The van der Waals surface area contributed by atoms with Crippen molar-refractivity contribution in [3.63, 3.8) is 0 Å². The monoisotopic (exact) mass is 416 g/mol. The van der Waals surface area contributed by atoms with Gasteiger partial charge in [-0.3, -0.25) is 0 Å². The Labute approximate surface area is 183 Å². The fourth-order valence-electron chi connectivity index (χ4n) is 4.45. The van der Waals surface area contributed by atoms with Crippen LogP contribution in [0.4, 0.5) is 0 Å². The maximum absolute atomic E-state index is 6.39. The maximum atomic E-state index is 6.39. The Hall–Kier alpha value is -3.44. The minimum atomic E-state index is -0.122. The molecule has 0 fully saturated rings. The van der Waals surface area contributed by atoms with E-state index in [9.17, 15) is 0 Å². The molecule has 5 heteroatoms. The van der Waals surface area contributed by atoms with E-state index in [0.29, 0.717) is 18.8 Å². The summed E-state index contributed by atoms with van der Waals surface area (Å²) in [6.45, 7) is 4.60. The summed E-state index contributed by atoms with van der Waals surface area (Å²) in [7, 11) is 3.35. The number of para-hydroxylation sites is 2. The van der Waals surface area contributed by atoms with Gasteiger partial charge in [-0.05, 0) is 42.2 Å². The smallest absolute Gasteiger partial charge is 0.192 e. The van der Waals surface area contributed by atoms with Crippen LogP contribution < -0.4 is 20.9 Å². The maximum Gasteiger partial charge on any atom is 0.192 e. The van der Waals surface area contributed by atoms with Gasteiger partial charge in [0.1, 0.15) is 17.3 Å². The first-order valence-electron chi connectivity index (χ1n) is 10.3. The molecule has 5 nitrogen and oxygen atoms in total. The number of ether oxygens (including phenoxy) is 3. The summed E-state index contributed by atoms with van der Waals surface area (Å²) in [4.78, 5) is 0. The van der Waals surface area contributed by atoms with E-state index >= 15 is 0 Å². The van der Waals surface area contributed by atoms with Crippen molar-refractivity contribution in [1.29, 1.82) is 0 Å². The molecule has 1 aliphatic heterocycles. The summed E-state index contributed by atoms with van der Waals surface area (Å²) in [5.74, 6) is 2.63. The van der Waals surface area contributed by atoms with Gasteiger partial charge in [-0.15, -0.1) is 0 Å². The molecule has 2 aromatic carbocycles. The molecule has 160 valence electrons. The third kappa shape index (κ3) is 3.84. The van der Waals surface area contributed by atoms with Crippen molar-refractivity contribution >= 4 is 6.08 Å². The van der Waals surface area contributed by atoms with Crippen LogP contribution in [0.1, 0.15) is 29.9 Å². The Morgan fingerprint density at radius 2 is 1.71 bits per heavy atom. The van der Waals surface area contributed by atoms with Crippen LogP contribution in [0.15, 0.2) is 89.0 Å². The molecule has 0 amide bonds. The normalized spacial score (nSPS) is 19.9. The standard InChI is InChI=1S/C26H28N2O3/c1-16-12-18(14-17-8-4-6-10-22(17)29-2)25-20(13-16)24(21(15-27)26(28)31-25)19-9-5-7-11-23(19)30-3/h4-11,14,24H,1,12-13,15,27-28H2,2-3H3/b18-14+. The Bertz CT molecular complexity index is 1110. The van der Waals surface area contributed by atoms with Crippen LogP contribution in [0.2, 0.25) is 0 Å². The molecular formula is C26H28N2O3. The number of hydrogen-bond acceptors (Lipinski definition) is 5. The van der Waals surface area contributed by atoms with Gasteiger partial charge in [0, 0.05) is 29.2 Å². The van der Waals surface area contributed by atoms with E-state index in [1.54, 1.807) is 14.2 Å². The molecule has 31 heavy (non-hydrogen) atoms. The van der Waals surface area contributed by atoms with Gasteiger partial charge < -0.3 is 25.7 Å². The molecule has 4 rings (SSSR count). The topological polar surface area (TPSA) is 79.7 Å². The van der Waals surface area contributed by atoms with Gasteiger partial charge in [-0.25, -0.2) is 0 Å². The molecule has 0 radical (unpaired) electrons. The highest BCUT2D eigenvalue weighted by Gasteiger charge is 2.36. The first-order chi connectivity index (χ1) is 15.1. The molecule has 1 heterocycles. The summed E-state index contributed by atoms with van der Waals surface area (Å²) in [6.07, 6.45) is 3.53. The zero-order valence-electron chi connectivity index (χ0n) is 18.0. The lowest BCUT2D eigenvalue weighted by Crippen LogP contribution is -2.28. The first-order valence-corrected chi connectivity index (χ1v) is 10.3. The molecule has 1 aliphatic carbocycles. The van der Waals surface area contributed by atoms with E-state index in [2.05, 4.69) is 18.7 Å². The van der Waals surface area contributed by atoms with E-state index in [1.165, 1.54) is 0 Å². The molecule has 0 spiro atoms. The summed E-state index contributed by atoms with van der Waals surface area (Å²) >= 11 is 0. The number of benzene rings is 2. The van der Waals surface area contributed by atoms with Crippen molar-refractivity contribution in [3.05, 3.63) is 100 Å². The van der Waals surface area contributed by atoms with Crippen molar-refractivity contribution < 1.29 is 14.2 Å². The van der Waals surface area contributed by atoms with Gasteiger partial charge in [-0.2, -0.15) is 0 Å². The van der Waals surface area contributed by atoms with Gasteiger partial charge in [0.05, 0.1) is 14.2 Å². The first kappa shape index (κ1) is 20.8. The number of hydrogen-bond donors (Lipinski definition) is 2. The van der Waals surface area contributed by atoms with Crippen molar-refractivity contribution in [3.8, 4) is 11.5 Å². The molecule has 1 atom stereocenters. The quantitative estimate of drug-likeness (QED) is 0.695. The van der Waals surface area contributed by atoms with Gasteiger partial charge in [-0.1, -0.05) is 48.6 Å². The van der Waals surface area contributed by atoms with Crippen LogP contribution >= 0.6 is 0 Å². The van der Waals surface area contributed by atoms with Gasteiger partial charge in [0.15, 0.2) is 5.88 Å². The van der Waals surface area contributed by atoms with Crippen LogP contribution in [0.5, 0.6) is 11.5 Å². The second-order valence-corrected chi connectivity index (χ2v) is 7.74. The molecule has 0 aromatic heterocycles. The lowest BCUT2D eigenvalue weighted by molar-refractivity contribution is 0.277. The SMILES string of the molecule is C=C1CC2=C(OC(N)=C(CN)C2c2ccccc2OC)/C(=C/c2ccccc2OC)C1. The van der Waals surface area contributed by atoms with Crippen molar-refractivity contribution in [2.45, 2.75) is 18.8 Å². The molecule has 2 aromatic rings. The summed E-state index contributed by atoms with van der Waals surface area (Å²) < 4.78 is 17.4. The molecule has 0 saturated heterocycles. The third-order valence-corrected chi connectivity index (χ3v) is 5.83. The van der Waals surface area contributed by atoms with Crippen LogP contribution in [0, 0.1) is 0 Å². The van der Waals surface area contributed by atoms with Crippen LogP contribution in [-0.4, -0.2) is 20.8 Å². The van der Waals surface area contributed by atoms with Gasteiger partial charge >= 0.3 is 0 Å². The van der Waals surface area contributed by atoms with Crippen molar-refractivity contribution in [2.24, 2.45) is 11.5 Å². The molecule has 0 bridgehead atoms. The summed E-state index contributed by atoms with van der Waals surface area (Å²) in [5.41, 5.74) is 18.6. The average molecular weight is 417 g/mol. The fraction of sp³-hybridized carbons (Fsp3) is 0.231. The van der Waals surface area contributed by atoms with Crippen LogP contribution in [-0.2, 0) is 4.74 Å². The van der Waals surface area contributed by atoms with Gasteiger partial charge in [0.25, 0.3) is 0 Å². The second kappa shape index (κ2) is 8.74. The predicted octanol–water partition coefficient (Wildman–Crippen LogP) is 4.63. The molecule has 0 saturated carbocycles. The number of allylic oxidation sites excluding steroid dienone is 3. The van der Waals surface area contributed by atoms with E-state index in [0.717, 1.165) is 57.1 Å². The zero-order chi connectivity index (χ0) is 22.0. The molecule has 4 N–H and O–H groups in total. The molecule has 1 unspecified atom stereocenters. The number of rotatable bonds is 5. The number of methoxy groups -OCH3 is 2. The highest BCUT2D eigenvalue weighted by molar-refractivity contribution is 5.67. The lowest BCUT2D eigenvalue weighted by atomic mass is 9.75. The Kier molecular flexibility index (Phi) is 5.87. The number of nitrogens with two attached hydrogens (primary N) is 2. The van der Waals surface area contributed by atoms with Gasteiger partial charge in [0.2, 0.25) is 0 Å². The Balaban J connectivity index is 1.91. The third-order valence-electron chi connectivity index (χ3n) is 5.83. The molecular weight excluding hydrogens is 388 g/mol. The molecule has 2 aliphatic rings. The van der Waals surface area contributed by atoms with E-state index < -0.39 is 0 Å². The predicted molar refractivity (Wildman–Crippen MR) is 123 cm³/mol. The van der Waals surface area contributed by atoms with Crippen molar-refractivity contribution in [1.82, 2.24) is 0 Å². The van der Waals surface area contributed by atoms with E-state index in [-0.39, 0.29) is 5.92 Å². The average Bonchev–Trinajstić information content (AvgIpc) is 2.79. The minimum Gasteiger partial charge on any atom is -0.496 e. The van der Waals surface area contributed by atoms with E-state index in [4.69, 9.17) is 25.7 Å². The Morgan fingerprint density at radius 1 is 1.03 bits per heavy atom. The highest BCUT2D eigenvalue weighted by Crippen LogP contribution is 2.49. The highest BCUT2D eigenvalue weighted by atomic mass is 16.5. The largest absolute Gasteiger partial charge is 0.496 e. The minimum absolute atomic E-state index is 0.122. The summed E-state index contributed by atoms with van der Waals surface area (Å²) in [6, 6.07) is 15.9. The zero-order valence-corrected chi connectivity index (χ0v) is 18.0. The van der Waals surface area contributed by atoms with Crippen LogP contribution in [0.3, 0.4) is 0 Å². The second-order valence-electron chi connectivity index (χ2n) is 7.74. The lowest BCUT2D eigenvalue weighted by Gasteiger charge is -2.36. The fourth-order valence-corrected chi connectivity index (χ4v) is 4.45. The van der Waals surface area contributed by atoms with Crippen LogP contribution in [0.25, 0.3) is 6.08 Å². The Morgan fingerprint density at radius 3 is 2.42 bits per heavy atom. The summed E-state index contributed by atoms with van der Waals surface area (Å²) in [5, 5.41) is 0.